The van der Waals surface area contributed by atoms with E-state index in [-0.39, 0.29) is 0 Å². The monoisotopic (exact) mass is 171 g/mol. The Morgan fingerprint density at radius 2 is 1.58 bits per heavy atom. The van der Waals surface area contributed by atoms with Crippen molar-refractivity contribution in [3.63, 3.8) is 0 Å². The van der Waals surface area contributed by atoms with Gasteiger partial charge in [-0.1, -0.05) is 34.6 Å². The first-order valence-electron chi connectivity index (χ1n) is 5.23. The van der Waals surface area contributed by atoms with Gasteiger partial charge in [0, 0.05) is 6.04 Å². The summed E-state index contributed by atoms with van der Waals surface area (Å²) in [6.45, 7) is 12.5. The third-order valence-electron chi connectivity index (χ3n) is 2.29. The molecule has 0 aromatic rings. The quantitative estimate of drug-likeness (QED) is 0.670. The van der Waals surface area contributed by atoms with E-state index in [0.29, 0.717) is 5.41 Å². The van der Waals surface area contributed by atoms with E-state index >= 15 is 0 Å². The summed E-state index contributed by atoms with van der Waals surface area (Å²) < 4.78 is 0. The molecule has 0 bridgehead atoms. The largest absolute Gasteiger partial charge is 0.314 e. The van der Waals surface area contributed by atoms with Crippen LogP contribution in [0, 0.1) is 5.41 Å². The smallest absolute Gasteiger partial charge is 0.00618 e. The van der Waals surface area contributed by atoms with Gasteiger partial charge in [0.15, 0.2) is 0 Å². The fourth-order valence-corrected chi connectivity index (χ4v) is 1.23. The van der Waals surface area contributed by atoms with E-state index in [4.69, 9.17) is 0 Å². The molecule has 1 nitrogen and oxygen atoms in total. The molecular formula is C11H25N. The molecule has 1 N–H and O–H groups in total. The summed E-state index contributed by atoms with van der Waals surface area (Å²) in [5.41, 5.74) is 0.471. The second-order valence-corrected chi connectivity index (χ2v) is 4.78. The van der Waals surface area contributed by atoms with Crippen LogP contribution in [0.25, 0.3) is 0 Å². The van der Waals surface area contributed by atoms with Gasteiger partial charge in [-0.15, -0.1) is 0 Å². The Morgan fingerprint density at radius 3 is 1.92 bits per heavy atom. The van der Waals surface area contributed by atoms with Crippen molar-refractivity contribution in [2.75, 3.05) is 6.54 Å². The standard InChI is InChI=1S/C11H25N/c1-6-10(7-2)12-9-8-11(3,4)5/h10,12H,6-9H2,1-5H3. The number of rotatable bonds is 5. The maximum absolute atomic E-state index is 3.58. The summed E-state index contributed by atoms with van der Waals surface area (Å²) in [5.74, 6) is 0. The van der Waals surface area contributed by atoms with E-state index in [0.717, 1.165) is 12.6 Å². The fraction of sp³-hybridized carbons (Fsp3) is 1.00. The predicted octanol–water partition coefficient (Wildman–Crippen LogP) is 3.20. The zero-order valence-electron chi connectivity index (χ0n) is 9.41. The Labute approximate surface area is 77.9 Å². The minimum Gasteiger partial charge on any atom is -0.314 e. The molecule has 0 aliphatic carbocycles. The molecule has 0 rings (SSSR count). The fourth-order valence-electron chi connectivity index (χ4n) is 1.23. The van der Waals surface area contributed by atoms with Crippen LogP contribution in [-0.4, -0.2) is 12.6 Å². The summed E-state index contributed by atoms with van der Waals surface area (Å²) in [6, 6.07) is 0.729. The number of nitrogens with one attached hydrogen (secondary N) is 1. The lowest BCUT2D eigenvalue weighted by Gasteiger charge is -2.21. The van der Waals surface area contributed by atoms with Crippen molar-refractivity contribution in [2.45, 2.75) is 59.9 Å². The van der Waals surface area contributed by atoms with Gasteiger partial charge < -0.3 is 5.32 Å². The lowest BCUT2D eigenvalue weighted by atomic mass is 9.92. The van der Waals surface area contributed by atoms with Crippen LogP contribution >= 0.6 is 0 Å². The van der Waals surface area contributed by atoms with Crippen LogP contribution in [0.15, 0.2) is 0 Å². The zero-order chi connectivity index (χ0) is 9.61. The van der Waals surface area contributed by atoms with Crippen LogP contribution in [-0.2, 0) is 0 Å². The average molecular weight is 171 g/mol. The summed E-state index contributed by atoms with van der Waals surface area (Å²) in [4.78, 5) is 0. The Morgan fingerprint density at radius 1 is 1.08 bits per heavy atom. The first kappa shape index (κ1) is 12.0. The predicted molar refractivity (Wildman–Crippen MR) is 56.4 cm³/mol. The van der Waals surface area contributed by atoms with Gasteiger partial charge in [-0.05, 0) is 31.2 Å². The van der Waals surface area contributed by atoms with E-state index in [2.05, 4.69) is 39.9 Å². The summed E-state index contributed by atoms with van der Waals surface area (Å²) in [5, 5.41) is 3.58. The van der Waals surface area contributed by atoms with Crippen LogP contribution in [0.5, 0.6) is 0 Å². The first-order valence-corrected chi connectivity index (χ1v) is 5.23. The lowest BCUT2D eigenvalue weighted by Crippen LogP contribution is -2.30. The van der Waals surface area contributed by atoms with Gasteiger partial charge in [0.1, 0.15) is 0 Å². The number of hydrogen-bond donors (Lipinski definition) is 1. The molecule has 1 heteroatoms. The van der Waals surface area contributed by atoms with Crippen molar-refractivity contribution in [1.29, 1.82) is 0 Å². The topological polar surface area (TPSA) is 12.0 Å². The molecule has 0 saturated carbocycles. The van der Waals surface area contributed by atoms with Crippen LogP contribution in [0.3, 0.4) is 0 Å². The molecule has 0 radical (unpaired) electrons. The minimum absolute atomic E-state index is 0.471. The molecule has 0 saturated heterocycles. The van der Waals surface area contributed by atoms with Crippen LogP contribution in [0.4, 0.5) is 0 Å². The number of hydrogen-bond acceptors (Lipinski definition) is 1. The summed E-state index contributed by atoms with van der Waals surface area (Å²) >= 11 is 0. The molecular weight excluding hydrogens is 146 g/mol. The molecule has 0 fully saturated rings. The van der Waals surface area contributed by atoms with Gasteiger partial charge >= 0.3 is 0 Å². The van der Waals surface area contributed by atoms with Gasteiger partial charge in [-0.25, -0.2) is 0 Å². The highest BCUT2D eigenvalue weighted by molar-refractivity contribution is 4.67. The molecule has 0 aromatic carbocycles. The molecule has 74 valence electrons. The Balaban J connectivity index is 3.41. The van der Waals surface area contributed by atoms with Gasteiger partial charge in [0.2, 0.25) is 0 Å². The van der Waals surface area contributed by atoms with E-state index < -0.39 is 0 Å². The van der Waals surface area contributed by atoms with Crippen LogP contribution in [0.1, 0.15) is 53.9 Å². The molecule has 0 aliphatic rings. The van der Waals surface area contributed by atoms with Crippen LogP contribution < -0.4 is 5.32 Å². The average Bonchev–Trinajstić information content (AvgIpc) is 1.96. The highest BCUT2D eigenvalue weighted by Gasteiger charge is 2.10. The van der Waals surface area contributed by atoms with Crippen molar-refractivity contribution >= 4 is 0 Å². The SMILES string of the molecule is CCC(CC)NCCC(C)(C)C. The molecule has 0 atom stereocenters. The second kappa shape index (κ2) is 5.58. The first-order chi connectivity index (χ1) is 5.49. The van der Waals surface area contributed by atoms with Crippen molar-refractivity contribution in [1.82, 2.24) is 5.32 Å². The van der Waals surface area contributed by atoms with Crippen molar-refractivity contribution in [2.24, 2.45) is 5.41 Å². The Kier molecular flexibility index (Phi) is 5.56. The second-order valence-electron chi connectivity index (χ2n) is 4.78. The van der Waals surface area contributed by atoms with Crippen LogP contribution in [0.2, 0.25) is 0 Å². The normalized spacial score (nSPS) is 12.5. The van der Waals surface area contributed by atoms with Gasteiger partial charge in [0.05, 0.1) is 0 Å². The van der Waals surface area contributed by atoms with Gasteiger partial charge in [-0.2, -0.15) is 0 Å². The van der Waals surface area contributed by atoms with Crippen molar-refractivity contribution < 1.29 is 0 Å². The summed E-state index contributed by atoms with van der Waals surface area (Å²) in [7, 11) is 0. The van der Waals surface area contributed by atoms with Crippen molar-refractivity contribution in [3.8, 4) is 0 Å². The van der Waals surface area contributed by atoms with E-state index in [1.54, 1.807) is 0 Å². The van der Waals surface area contributed by atoms with Gasteiger partial charge in [0.25, 0.3) is 0 Å². The molecule has 0 aliphatic heterocycles. The molecule has 0 unspecified atom stereocenters. The molecule has 12 heavy (non-hydrogen) atoms. The van der Waals surface area contributed by atoms with Crippen molar-refractivity contribution in [3.05, 3.63) is 0 Å². The van der Waals surface area contributed by atoms with Gasteiger partial charge in [-0.3, -0.25) is 0 Å². The lowest BCUT2D eigenvalue weighted by molar-refractivity contribution is 0.349. The third kappa shape index (κ3) is 6.66. The maximum Gasteiger partial charge on any atom is 0.00618 e. The Bertz CT molecular complexity index is 98.1. The molecule has 0 amide bonds. The third-order valence-corrected chi connectivity index (χ3v) is 2.29. The Hall–Kier alpha value is -0.0400. The highest BCUT2D eigenvalue weighted by Crippen LogP contribution is 2.17. The molecule has 0 aromatic heterocycles. The zero-order valence-corrected chi connectivity index (χ0v) is 9.41. The van der Waals surface area contributed by atoms with E-state index in [1.807, 2.05) is 0 Å². The molecule has 0 heterocycles. The summed E-state index contributed by atoms with van der Waals surface area (Å²) in [6.07, 6.45) is 3.77. The van der Waals surface area contributed by atoms with E-state index in [9.17, 15) is 0 Å². The molecule has 0 spiro atoms. The minimum atomic E-state index is 0.471. The highest BCUT2D eigenvalue weighted by atomic mass is 14.9. The maximum atomic E-state index is 3.58. The van der Waals surface area contributed by atoms with E-state index in [1.165, 1.54) is 19.3 Å².